The molecule has 0 radical (unpaired) electrons. The first-order chi connectivity index (χ1) is 14.8. The number of carbonyl (C=O) groups is 1. The summed E-state index contributed by atoms with van der Waals surface area (Å²) in [7, 11) is 0. The molecular formula is C25H25N3O2. The van der Waals surface area contributed by atoms with Crippen LogP contribution in [0.3, 0.4) is 0 Å². The first kappa shape index (κ1) is 18.7. The lowest BCUT2D eigenvalue weighted by Gasteiger charge is -2.41. The van der Waals surface area contributed by atoms with Crippen molar-refractivity contribution in [2.75, 3.05) is 4.90 Å². The standard InChI is InChI=1S/C25H25N3O2/c29-25(27(19-7-3-1-4-8-19)20-9-5-2-6-10-20)28-21-11-12-22(28)18-24(17-21)30-23-13-15-26-16-14-23/h1-10,13-16,21-22,24H,11-12,17-18H2. The molecule has 3 aromatic rings. The van der Waals surface area contributed by atoms with Crippen LogP contribution in [0.15, 0.2) is 85.2 Å². The Morgan fingerprint density at radius 1 is 0.833 bits per heavy atom. The summed E-state index contributed by atoms with van der Waals surface area (Å²) in [6.07, 6.45) is 7.43. The number of aromatic nitrogens is 1. The van der Waals surface area contributed by atoms with Gasteiger partial charge in [0.25, 0.3) is 0 Å². The van der Waals surface area contributed by atoms with E-state index in [1.807, 2.05) is 77.7 Å². The monoisotopic (exact) mass is 399 g/mol. The number of nitrogens with zero attached hydrogens (tertiary/aromatic N) is 3. The van der Waals surface area contributed by atoms with Gasteiger partial charge in [-0.2, -0.15) is 0 Å². The molecule has 2 aromatic carbocycles. The van der Waals surface area contributed by atoms with Crippen LogP contribution in [-0.4, -0.2) is 34.1 Å². The van der Waals surface area contributed by atoms with Gasteiger partial charge in [0.1, 0.15) is 11.9 Å². The van der Waals surface area contributed by atoms with E-state index in [1.54, 1.807) is 12.4 Å². The maximum absolute atomic E-state index is 13.8. The highest BCUT2D eigenvalue weighted by Crippen LogP contribution is 2.39. The number of anilines is 2. The van der Waals surface area contributed by atoms with Crippen molar-refractivity contribution < 1.29 is 9.53 Å². The summed E-state index contributed by atoms with van der Waals surface area (Å²) in [6.45, 7) is 0. The number of hydrogen-bond donors (Lipinski definition) is 0. The van der Waals surface area contributed by atoms with Crippen molar-refractivity contribution in [1.29, 1.82) is 0 Å². The zero-order valence-electron chi connectivity index (χ0n) is 16.8. The largest absolute Gasteiger partial charge is 0.490 e. The number of piperidine rings is 1. The normalized spacial score (nSPS) is 22.5. The van der Waals surface area contributed by atoms with Crippen molar-refractivity contribution in [3.8, 4) is 5.75 Å². The number of pyridine rings is 1. The second kappa shape index (κ2) is 8.19. The van der Waals surface area contributed by atoms with Crippen LogP contribution < -0.4 is 9.64 Å². The van der Waals surface area contributed by atoms with Gasteiger partial charge in [0.05, 0.1) is 11.4 Å². The van der Waals surface area contributed by atoms with Gasteiger partial charge in [-0.3, -0.25) is 9.88 Å². The molecule has 2 saturated heterocycles. The number of ether oxygens (including phenoxy) is 1. The van der Waals surface area contributed by atoms with Gasteiger partial charge in [-0.1, -0.05) is 36.4 Å². The Hall–Kier alpha value is -3.34. The van der Waals surface area contributed by atoms with Crippen molar-refractivity contribution in [2.24, 2.45) is 0 Å². The number of hydrogen-bond acceptors (Lipinski definition) is 3. The van der Waals surface area contributed by atoms with E-state index in [9.17, 15) is 4.79 Å². The highest BCUT2D eigenvalue weighted by Gasteiger charge is 2.45. The molecular weight excluding hydrogens is 374 g/mol. The van der Waals surface area contributed by atoms with E-state index in [0.29, 0.717) is 0 Å². The van der Waals surface area contributed by atoms with Crippen molar-refractivity contribution in [3.63, 3.8) is 0 Å². The molecule has 2 bridgehead atoms. The summed E-state index contributed by atoms with van der Waals surface area (Å²) in [5.74, 6) is 0.851. The van der Waals surface area contributed by atoms with Gasteiger partial charge in [-0.05, 0) is 49.2 Å². The summed E-state index contributed by atoms with van der Waals surface area (Å²) in [6, 6.07) is 24.1. The highest BCUT2D eigenvalue weighted by molar-refractivity contribution is 5.99. The second-order valence-corrected chi connectivity index (χ2v) is 7.98. The van der Waals surface area contributed by atoms with Gasteiger partial charge >= 0.3 is 6.03 Å². The number of para-hydroxylation sites is 2. The van der Waals surface area contributed by atoms with Crippen LogP contribution in [0.4, 0.5) is 16.2 Å². The van der Waals surface area contributed by atoms with E-state index >= 15 is 0 Å². The number of amides is 2. The fraction of sp³-hybridized carbons (Fsp3) is 0.280. The maximum atomic E-state index is 13.8. The van der Waals surface area contributed by atoms with Crippen LogP contribution in [-0.2, 0) is 0 Å². The van der Waals surface area contributed by atoms with E-state index in [-0.39, 0.29) is 24.2 Å². The smallest absolute Gasteiger partial charge is 0.329 e. The van der Waals surface area contributed by atoms with Crippen LogP contribution >= 0.6 is 0 Å². The van der Waals surface area contributed by atoms with Crippen LogP contribution in [0.2, 0.25) is 0 Å². The number of rotatable bonds is 4. The molecule has 152 valence electrons. The minimum absolute atomic E-state index is 0.0576. The van der Waals surface area contributed by atoms with Gasteiger partial charge in [-0.25, -0.2) is 4.79 Å². The predicted octanol–water partition coefficient (Wildman–Crippen LogP) is 5.41. The van der Waals surface area contributed by atoms with Gasteiger partial charge in [0, 0.05) is 37.3 Å². The molecule has 5 heteroatoms. The fourth-order valence-electron chi connectivity index (χ4n) is 4.78. The van der Waals surface area contributed by atoms with E-state index in [0.717, 1.165) is 42.8 Å². The molecule has 2 fully saturated rings. The molecule has 2 aliphatic rings. The first-order valence-electron chi connectivity index (χ1n) is 10.6. The number of urea groups is 1. The first-order valence-corrected chi connectivity index (χ1v) is 10.6. The fourth-order valence-corrected chi connectivity index (χ4v) is 4.78. The minimum atomic E-state index is 0.0576. The molecule has 0 saturated carbocycles. The average Bonchev–Trinajstić information content (AvgIpc) is 3.06. The topological polar surface area (TPSA) is 45.7 Å². The zero-order chi connectivity index (χ0) is 20.3. The third-order valence-corrected chi connectivity index (χ3v) is 6.08. The van der Waals surface area contributed by atoms with Crippen molar-refractivity contribution in [1.82, 2.24) is 9.88 Å². The quantitative estimate of drug-likeness (QED) is 0.589. The lowest BCUT2D eigenvalue weighted by Crippen LogP contribution is -2.53. The van der Waals surface area contributed by atoms with Crippen molar-refractivity contribution in [3.05, 3.63) is 85.2 Å². The summed E-state index contributed by atoms with van der Waals surface area (Å²) >= 11 is 0. The van der Waals surface area contributed by atoms with Crippen LogP contribution in [0.1, 0.15) is 25.7 Å². The van der Waals surface area contributed by atoms with Crippen LogP contribution in [0.25, 0.3) is 0 Å². The second-order valence-electron chi connectivity index (χ2n) is 7.98. The highest BCUT2D eigenvalue weighted by atomic mass is 16.5. The Balaban J connectivity index is 1.39. The Kier molecular flexibility index (Phi) is 5.10. The minimum Gasteiger partial charge on any atom is -0.490 e. The zero-order valence-corrected chi connectivity index (χ0v) is 16.8. The Bertz CT molecular complexity index is 928. The molecule has 2 unspecified atom stereocenters. The number of benzene rings is 2. The third-order valence-electron chi connectivity index (χ3n) is 6.08. The van der Waals surface area contributed by atoms with E-state index in [2.05, 4.69) is 9.88 Å². The molecule has 5 rings (SSSR count). The lowest BCUT2D eigenvalue weighted by atomic mass is 10.00. The molecule has 2 amide bonds. The van der Waals surface area contributed by atoms with E-state index in [4.69, 9.17) is 4.74 Å². The molecule has 2 aliphatic heterocycles. The molecule has 2 atom stereocenters. The van der Waals surface area contributed by atoms with E-state index < -0.39 is 0 Å². The Labute approximate surface area is 176 Å². The van der Waals surface area contributed by atoms with E-state index in [1.165, 1.54) is 0 Å². The Morgan fingerprint density at radius 3 is 1.90 bits per heavy atom. The summed E-state index contributed by atoms with van der Waals surface area (Å²) in [4.78, 5) is 21.8. The van der Waals surface area contributed by atoms with Crippen LogP contribution in [0, 0.1) is 0 Å². The molecule has 3 heterocycles. The number of fused-ring (bicyclic) bond motifs is 2. The van der Waals surface area contributed by atoms with Crippen molar-refractivity contribution in [2.45, 2.75) is 43.9 Å². The summed E-state index contributed by atoms with van der Waals surface area (Å²) in [5.41, 5.74) is 1.78. The number of carbonyl (C=O) groups excluding carboxylic acids is 1. The molecule has 0 N–H and O–H groups in total. The summed E-state index contributed by atoms with van der Waals surface area (Å²) < 4.78 is 6.20. The summed E-state index contributed by atoms with van der Waals surface area (Å²) in [5, 5.41) is 0. The molecule has 0 spiro atoms. The third kappa shape index (κ3) is 3.63. The molecule has 30 heavy (non-hydrogen) atoms. The Morgan fingerprint density at radius 2 is 1.37 bits per heavy atom. The van der Waals surface area contributed by atoms with Crippen LogP contribution in [0.5, 0.6) is 5.75 Å². The maximum Gasteiger partial charge on any atom is 0.329 e. The van der Waals surface area contributed by atoms with Gasteiger partial charge in [-0.15, -0.1) is 0 Å². The lowest BCUT2D eigenvalue weighted by molar-refractivity contribution is 0.0717. The van der Waals surface area contributed by atoms with Gasteiger partial charge < -0.3 is 9.64 Å². The van der Waals surface area contributed by atoms with Gasteiger partial charge in [0.2, 0.25) is 0 Å². The predicted molar refractivity (Wildman–Crippen MR) is 117 cm³/mol. The van der Waals surface area contributed by atoms with Crippen molar-refractivity contribution >= 4 is 17.4 Å². The SMILES string of the molecule is O=C(N(c1ccccc1)c1ccccc1)N1C2CCC1CC(Oc1ccncc1)C2. The average molecular weight is 399 g/mol. The molecule has 1 aromatic heterocycles. The molecule has 5 nitrogen and oxygen atoms in total. The molecule has 0 aliphatic carbocycles. The van der Waals surface area contributed by atoms with Gasteiger partial charge in [0.15, 0.2) is 0 Å².